The van der Waals surface area contributed by atoms with Crippen molar-refractivity contribution in [1.29, 1.82) is 0 Å². The summed E-state index contributed by atoms with van der Waals surface area (Å²) in [5, 5.41) is 3.25. The van der Waals surface area contributed by atoms with Crippen LogP contribution in [0.3, 0.4) is 0 Å². The number of carbonyl (C=O) groups excluding carboxylic acids is 1. The zero-order valence-electron chi connectivity index (χ0n) is 18.7. The van der Waals surface area contributed by atoms with Crippen LogP contribution in [0.1, 0.15) is 15.9 Å². The molecule has 0 spiro atoms. The zero-order chi connectivity index (χ0) is 23.3. The van der Waals surface area contributed by atoms with Crippen LogP contribution in [0, 0.1) is 0 Å². The number of hydrogen-bond donors (Lipinski definition) is 1. The van der Waals surface area contributed by atoms with Gasteiger partial charge >= 0.3 is 0 Å². The Morgan fingerprint density at radius 3 is 2.26 bits per heavy atom. The van der Waals surface area contributed by atoms with E-state index in [-0.39, 0.29) is 11.9 Å². The van der Waals surface area contributed by atoms with Crippen molar-refractivity contribution in [3.63, 3.8) is 0 Å². The van der Waals surface area contributed by atoms with Crippen molar-refractivity contribution in [2.75, 3.05) is 16.8 Å². The summed E-state index contributed by atoms with van der Waals surface area (Å²) in [6.45, 7) is 5.06. The highest BCUT2D eigenvalue weighted by Gasteiger charge is 2.34. The van der Waals surface area contributed by atoms with E-state index in [4.69, 9.17) is 4.98 Å². The molecular weight excluding hydrogens is 422 g/mol. The van der Waals surface area contributed by atoms with Crippen LogP contribution in [0.25, 0.3) is 0 Å². The standard InChI is InChI=1S/C28H25N5O/c1-2-23-20-32(19-21-12-6-3-7-13-21)27(34)25-18-29-28(30-22-14-8-4-9-15-22)31-26(25)33(23)24-16-10-5-11-17-24/h2-18,23H,1,19-20H2,(H,29,30,31)/t23-/m1/s1. The molecule has 5 rings (SSSR count). The van der Waals surface area contributed by atoms with E-state index in [1.165, 1.54) is 0 Å². The third kappa shape index (κ3) is 4.38. The van der Waals surface area contributed by atoms with Gasteiger partial charge in [-0.1, -0.05) is 72.8 Å². The summed E-state index contributed by atoms with van der Waals surface area (Å²) in [6, 6.07) is 29.5. The molecule has 0 saturated heterocycles. The molecule has 1 aliphatic heterocycles. The van der Waals surface area contributed by atoms with Crippen LogP contribution in [-0.2, 0) is 6.54 Å². The number of hydrogen-bond acceptors (Lipinski definition) is 5. The maximum absolute atomic E-state index is 13.7. The van der Waals surface area contributed by atoms with Crippen LogP contribution in [0.5, 0.6) is 0 Å². The fourth-order valence-electron chi connectivity index (χ4n) is 4.16. The lowest BCUT2D eigenvalue weighted by Gasteiger charge is -2.31. The van der Waals surface area contributed by atoms with Crippen LogP contribution < -0.4 is 10.2 Å². The molecule has 3 aromatic carbocycles. The Kier molecular flexibility index (Phi) is 6.03. The molecular formula is C28H25N5O. The number of nitrogens with zero attached hydrogens (tertiary/aromatic N) is 4. The topological polar surface area (TPSA) is 61.4 Å². The average molecular weight is 448 g/mol. The third-order valence-electron chi connectivity index (χ3n) is 5.81. The van der Waals surface area contributed by atoms with Gasteiger partial charge in [0, 0.05) is 30.7 Å². The molecule has 1 N–H and O–H groups in total. The normalized spacial score (nSPS) is 15.4. The van der Waals surface area contributed by atoms with E-state index in [9.17, 15) is 4.79 Å². The van der Waals surface area contributed by atoms with Gasteiger partial charge in [0.05, 0.1) is 6.04 Å². The number of benzene rings is 3. The van der Waals surface area contributed by atoms with E-state index in [0.29, 0.717) is 30.4 Å². The van der Waals surface area contributed by atoms with Crippen LogP contribution in [0.15, 0.2) is 110 Å². The molecule has 0 aliphatic carbocycles. The van der Waals surface area contributed by atoms with Crippen LogP contribution in [0.4, 0.5) is 23.1 Å². The molecule has 6 nitrogen and oxygen atoms in total. The summed E-state index contributed by atoms with van der Waals surface area (Å²) >= 11 is 0. The van der Waals surface area contributed by atoms with Crippen molar-refractivity contribution in [2.24, 2.45) is 0 Å². The SMILES string of the molecule is C=C[C@@H]1CN(Cc2ccccc2)C(=O)c2cnc(Nc3ccccc3)nc2N1c1ccccc1. The van der Waals surface area contributed by atoms with Crippen molar-refractivity contribution in [1.82, 2.24) is 14.9 Å². The van der Waals surface area contributed by atoms with Crippen LogP contribution >= 0.6 is 0 Å². The predicted octanol–water partition coefficient (Wildman–Crippen LogP) is 5.57. The van der Waals surface area contributed by atoms with Gasteiger partial charge in [0.2, 0.25) is 5.95 Å². The van der Waals surface area contributed by atoms with Gasteiger partial charge in [0.1, 0.15) is 5.56 Å². The minimum Gasteiger partial charge on any atom is -0.332 e. The average Bonchev–Trinajstić information content (AvgIpc) is 3.00. The van der Waals surface area contributed by atoms with Crippen LogP contribution in [-0.4, -0.2) is 33.4 Å². The first-order chi connectivity index (χ1) is 16.7. The summed E-state index contributed by atoms with van der Waals surface area (Å²) < 4.78 is 0. The lowest BCUT2D eigenvalue weighted by atomic mass is 10.1. The number of para-hydroxylation sites is 2. The lowest BCUT2D eigenvalue weighted by Crippen LogP contribution is -2.39. The molecule has 4 aromatic rings. The first-order valence-electron chi connectivity index (χ1n) is 11.2. The minimum absolute atomic E-state index is 0.101. The lowest BCUT2D eigenvalue weighted by molar-refractivity contribution is 0.0747. The summed E-state index contributed by atoms with van der Waals surface area (Å²) in [7, 11) is 0. The van der Waals surface area contributed by atoms with E-state index in [1.807, 2.05) is 102 Å². The number of amides is 1. The van der Waals surface area contributed by atoms with Gasteiger partial charge in [-0.2, -0.15) is 4.98 Å². The molecule has 1 aliphatic rings. The molecule has 0 bridgehead atoms. The first kappa shape index (κ1) is 21.4. The molecule has 1 aromatic heterocycles. The number of fused-ring (bicyclic) bond motifs is 1. The molecule has 0 radical (unpaired) electrons. The van der Waals surface area contributed by atoms with Gasteiger partial charge in [0.15, 0.2) is 5.82 Å². The number of aromatic nitrogens is 2. The first-order valence-corrected chi connectivity index (χ1v) is 11.2. The second-order valence-corrected chi connectivity index (χ2v) is 8.10. The predicted molar refractivity (Wildman–Crippen MR) is 136 cm³/mol. The van der Waals surface area contributed by atoms with Gasteiger partial charge in [-0.3, -0.25) is 4.79 Å². The maximum atomic E-state index is 13.7. The second-order valence-electron chi connectivity index (χ2n) is 8.10. The van der Waals surface area contributed by atoms with Gasteiger partial charge in [-0.05, 0) is 29.8 Å². The number of anilines is 4. The third-order valence-corrected chi connectivity index (χ3v) is 5.81. The summed E-state index contributed by atoms with van der Waals surface area (Å²) in [5.41, 5.74) is 3.34. The van der Waals surface area contributed by atoms with Gasteiger partial charge < -0.3 is 15.1 Å². The monoisotopic (exact) mass is 447 g/mol. The molecule has 168 valence electrons. The molecule has 34 heavy (non-hydrogen) atoms. The Bertz CT molecular complexity index is 1280. The van der Waals surface area contributed by atoms with Crippen molar-refractivity contribution in [3.8, 4) is 0 Å². The Hall–Kier alpha value is -4.45. The van der Waals surface area contributed by atoms with Gasteiger partial charge in [-0.15, -0.1) is 6.58 Å². The van der Waals surface area contributed by atoms with E-state index in [2.05, 4.69) is 21.8 Å². The Labute approximate surface area is 199 Å². The highest BCUT2D eigenvalue weighted by atomic mass is 16.2. The van der Waals surface area contributed by atoms with Crippen molar-refractivity contribution < 1.29 is 4.79 Å². The van der Waals surface area contributed by atoms with Crippen LogP contribution in [0.2, 0.25) is 0 Å². The molecule has 1 amide bonds. The highest BCUT2D eigenvalue weighted by molar-refractivity contribution is 6.00. The van der Waals surface area contributed by atoms with E-state index >= 15 is 0 Å². The smallest absolute Gasteiger partial charge is 0.259 e. The van der Waals surface area contributed by atoms with E-state index < -0.39 is 0 Å². The fourth-order valence-corrected chi connectivity index (χ4v) is 4.16. The fraction of sp³-hybridized carbons (Fsp3) is 0.107. The number of rotatable bonds is 6. The highest BCUT2D eigenvalue weighted by Crippen LogP contribution is 2.34. The van der Waals surface area contributed by atoms with Crippen molar-refractivity contribution in [3.05, 3.63) is 121 Å². The van der Waals surface area contributed by atoms with Gasteiger partial charge in [-0.25, -0.2) is 4.98 Å². The zero-order valence-corrected chi connectivity index (χ0v) is 18.7. The molecule has 0 saturated carbocycles. The van der Waals surface area contributed by atoms with E-state index in [0.717, 1.165) is 16.9 Å². The molecule has 0 unspecified atom stereocenters. The molecule has 2 heterocycles. The van der Waals surface area contributed by atoms with Crippen molar-refractivity contribution >= 4 is 29.0 Å². The summed E-state index contributed by atoms with van der Waals surface area (Å²) in [6.07, 6.45) is 3.50. The number of carbonyl (C=O) groups is 1. The van der Waals surface area contributed by atoms with Gasteiger partial charge in [0.25, 0.3) is 5.91 Å². The molecule has 0 fully saturated rings. The van der Waals surface area contributed by atoms with E-state index in [1.54, 1.807) is 6.20 Å². The number of nitrogens with one attached hydrogen (secondary N) is 1. The maximum Gasteiger partial charge on any atom is 0.259 e. The largest absolute Gasteiger partial charge is 0.332 e. The van der Waals surface area contributed by atoms with Crippen molar-refractivity contribution in [2.45, 2.75) is 12.6 Å². The second kappa shape index (κ2) is 9.58. The summed E-state index contributed by atoms with van der Waals surface area (Å²) in [5.74, 6) is 0.887. The minimum atomic E-state index is -0.171. The summed E-state index contributed by atoms with van der Waals surface area (Å²) in [4.78, 5) is 26.9. The molecule has 1 atom stereocenters. The Balaban J connectivity index is 1.60. The Morgan fingerprint density at radius 2 is 1.59 bits per heavy atom. The quantitative estimate of drug-likeness (QED) is 0.392. The Morgan fingerprint density at radius 1 is 0.941 bits per heavy atom. The molecule has 6 heteroatoms.